The molecule has 0 radical (unpaired) electrons. The van der Waals surface area contributed by atoms with Crippen molar-refractivity contribution in [1.29, 1.82) is 0 Å². The highest BCUT2D eigenvalue weighted by atomic mass is 35.5. The molecule has 5 heteroatoms. The van der Waals surface area contributed by atoms with Gasteiger partial charge in [-0.25, -0.2) is 0 Å². The van der Waals surface area contributed by atoms with Crippen molar-refractivity contribution in [3.05, 3.63) is 57.2 Å². The first kappa shape index (κ1) is 17.1. The van der Waals surface area contributed by atoms with Gasteiger partial charge < -0.3 is 5.32 Å². The summed E-state index contributed by atoms with van der Waals surface area (Å²) in [5.74, 6) is 0.0199. The van der Waals surface area contributed by atoms with Crippen LogP contribution >= 0.6 is 22.9 Å². The molecular formula is C20H23ClN2OS. The van der Waals surface area contributed by atoms with Crippen LogP contribution in [0.15, 0.2) is 41.8 Å². The predicted molar refractivity (Wildman–Crippen MR) is 103 cm³/mol. The van der Waals surface area contributed by atoms with E-state index in [0.29, 0.717) is 22.7 Å². The number of piperidine rings is 2. The summed E-state index contributed by atoms with van der Waals surface area (Å²) in [6.07, 6.45) is 5.92. The average molecular weight is 375 g/mol. The van der Waals surface area contributed by atoms with Gasteiger partial charge in [0.25, 0.3) is 5.91 Å². The maximum atomic E-state index is 12.5. The summed E-state index contributed by atoms with van der Waals surface area (Å²) in [7, 11) is 0. The van der Waals surface area contributed by atoms with E-state index >= 15 is 0 Å². The highest BCUT2D eigenvalue weighted by Gasteiger charge is 2.38. The molecule has 3 nitrogen and oxygen atoms in total. The minimum atomic E-state index is 0.0199. The van der Waals surface area contributed by atoms with Gasteiger partial charge in [0.05, 0.1) is 0 Å². The third-order valence-corrected chi connectivity index (χ3v) is 6.60. The molecule has 0 aliphatic carbocycles. The van der Waals surface area contributed by atoms with E-state index in [0.717, 1.165) is 19.4 Å². The quantitative estimate of drug-likeness (QED) is 0.839. The van der Waals surface area contributed by atoms with Crippen molar-refractivity contribution < 1.29 is 4.79 Å². The number of carbonyl (C=O) groups excluding carboxylic acids is 1. The molecule has 25 heavy (non-hydrogen) atoms. The zero-order chi connectivity index (χ0) is 17.2. The van der Waals surface area contributed by atoms with E-state index < -0.39 is 0 Å². The van der Waals surface area contributed by atoms with E-state index in [1.165, 1.54) is 24.1 Å². The van der Waals surface area contributed by atoms with Crippen LogP contribution in [0.4, 0.5) is 0 Å². The Morgan fingerprint density at radius 2 is 1.88 bits per heavy atom. The third kappa shape index (κ3) is 3.91. The molecule has 132 valence electrons. The zero-order valence-corrected chi connectivity index (χ0v) is 15.7. The summed E-state index contributed by atoms with van der Waals surface area (Å²) in [5.41, 5.74) is 0.690. The molecule has 2 bridgehead atoms. The van der Waals surface area contributed by atoms with Gasteiger partial charge in [-0.15, -0.1) is 11.3 Å². The first-order valence-corrected chi connectivity index (χ1v) is 10.3. The lowest BCUT2D eigenvalue weighted by Crippen LogP contribution is -2.56. The molecule has 1 amide bonds. The normalized spacial score (nSPS) is 26.4. The predicted octanol–water partition coefficient (Wildman–Crippen LogP) is 4.72. The molecule has 2 aliphatic rings. The van der Waals surface area contributed by atoms with Gasteiger partial charge in [0.15, 0.2) is 0 Å². The Kier molecular flexibility index (Phi) is 5.11. The van der Waals surface area contributed by atoms with E-state index in [2.05, 4.69) is 27.7 Å². The highest BCUT2D eigenvalue weighted by molar-refractivity contribution is 7.09. The summed E-state index contributed by atoms with van der Waals surface area (Å²) in [6.45, 7) is 1.06. The number of nitrogens with one attached hydrogen (secondary N) is 1. The van der Waals surface area contributed by atoms with Crippen molar-refractivity contribution in [2.24, 2.45) is 0 Å². The van der Waals surface area contributed by atoms with Crippen LogP contribution in [0.25, 0.3) is 0 Å². The van der Waals surface area contributed by atoms with Gasteiger partial charge in [0.1, 0.15) is 0 Å². The number of amides is 1. The van der Waals surface area contributed by atoms with Crippen molar-refractivity contribution in [3.63, 3.8) is 0 Å². The molecule has 1 aromatic heterocycles. The number of carbonyl (C=O) groups is 1. The summed E-state index contributed by atoms with van der Waals surface area (Å²) in [4.78, 5) is 16.6. The first-order chi connectivity index (χ1) is 12.2. The van der Waals surface area contributed by atoms with Crippen molar-refractivity contribution in [1.82, 2.24) is 10.2 Å². The van der Waals surface area contributed by atoms with E-state index in [1.807, 2.05) is 11.3 Å². The number of nitrogens with zero attached hydrogens (tertiary/aromatic N) is 1. The van der Waals surface area contributed by atoms with Gasteiger partial charge in [0.2, 0.25) is 0 Å². The number of rotatable bonds is 4. The smallest absolute Gasteiger partial charge is 0.251 e. The Hall–Kier alpha value is -1.36. The van der Waals surface area contributed by atoms with Crippen molar-refractivity contribution in [2.45, 2.75) is 56.8 Å². The molecular weight excluding hydrogens is 352 g/mol. The van der Waals surface area contributed by atoms with Gasteiger partial charge in [-0.3, -0.25) is 9.69 Å². The zero-order valence-electron chi connectivity index (χ0n) is 14.2. The molecule has 2 atom stereocenters. The Morgan fingerprint density at radius 3 is 2.52 bits per heavy atom. The molecule has 4 rings (SSSR count). The molecule has 2 aromatic rings. The Bertz CT molecular complexity index is 702. The molecule has 1 aromatic carbocycles. The minimum Gasteiger partial charge on any atom is -0.349 e. The van der Waals surface area contributed by atoms with E-state index in [-0.39, 0.29) is 11.9 Å². The molecule has 2 saturated heterocycles. The lowest BCUT2D eigenvalue weighted by molar-refractivity contribution is 0.0184. The number of benzene rings is 1. The van der Waals surface area contributed by atoms with Gasteiger partial charge >= 0.3 is 0 Å². The summed E-state index contributed by atoms with van der Waals surface area (Å²) in [6, 6.07) is 13.0. The second-order valence-corrected chi connectivity index (χ2v) is 8.61. The maximum Gasteiger partial charge on any atom is 0.251 e. The standard InChI is InChI=1S/C20H23ClN2OS/c21-15-8-6-14(7-9-15)20(24)22-16-11-17-3-1-4-18(12-16)23(17)13-19-5-2-10-25-19/h2,5-10,16-18H,1,3-4,11-13H2,(H,22,24)/t17-,18-/m1/s1. The highest BCUT2D eigenvalue weighted by Crippen LogP contribution is 2.35. The van der Waals surface area contributed by atoms with Crippen LogP contribution in [0.3, 0.4) is 0 Å². The molecule has 0 unspecified atom stereocenters. The lowest BCUT2D eigenvalue weighted by atomic mass is 9.81. The second-order valence-electron chi connectivity index (χ2n) is 7.14. The SMILES string of the molecule is O=C(NC1C[C@H]2CCC[C@H](C1)N2Cc1cccs1)c1ccc(Cl)cc1. The monoisotopic (exact) mass is 374 g/mol. The van der Waals surface area contributed by atoms with Crippen LogP contribution in [0.1, 0.15) is 47.3 Å². The van der Waals surface area contributed by atoms with E-state index in [9.17, 15) is 4.79 Å². The topological polar surface area (TPSA) is 32.3 Å². The Balaban J connectivity index is 1.40. The molecule has 3 heterocycles. The summed E-state index contributed by atoms with van der Waals surface area (Å²) in [5, 5.41) is 6.07. The molecule has 1 N–H and O–H groups in total. The second kappa shape index (κ2) is 7.48. The van der Waals surface area contributed by atoms with Crippen LogP contribution in [0.2, 0.25) is 5.02 Å². The minimum absolute atomic E-state index is 0.0199. The number of hydrogen-bond donors (Lipinski definition) is 1. The van der Waals surface area contributed by atoms with Crippen LogP contribution in [0, 0.1) is 0 Å². The van der Waals surface area contributed by atoms with Crippen LogP contribution in [-0.4, -0.2) is 28.9 Å². The van der Waals surface area contributed by atoms with E-state index in [4.69, 9.17) is 11.6 Å². The fraction of sp³-hybridized carbons (Fsp3) is 0.450. The van der Waals surface area contributed by atoms with Crippen molar-refractivity contribution in [2.75, 3.05) is 0 Å². The molecule has 0 spiro atoms. The van der Waals surface area contributed by atoms with Crippen molar-refractivity contribution >= 4 is 28.8 Å². The fourth-order valence-corrected chi connectivity index (χ4v) is 5.15. The summed E-state index contributed by atoms with van der Waals surface area (Å²) >= 11 is 7.75. The van der Waals surface area contributed by atoms with Gasteiger partial charge in [-0.05, 0) is 61.4 Å². The Morgan fingerprint density at radius 1 is 1.16 bits per heavy atom. The molecule has 0 saturated carbocycles. The third-order valence-electron chi connectivity index (χ3n) is 5.49. The number of thiophene rings is 1. The van der Waals surface area contributed by atoms with Crippen LogP contribution in [0.5, 0.6) is 0 Å². The average Bonchev–Trinajstić information content (AvgIpc) is 3.09. The maximum absolute atomic E-state index is 12.5. The van der Waals surface area contributed by atoms with Crippen molar-refractivity contribution in [3.8, 4) is 0 Å². The number of fused-ring (bicyclic) bond motifs is 2. The fourth-order valence-electron chi connectivity index (χ4n) is 4.31. The first-order valence-electron chi connectivity index (χ1n) is 9.03. The van der Waals surface area contributed by atoms with Crippen LogP contribution in [-0.2, 0) is 6.54 Å². The molecule has 2 fully saturated rings. The van der Waals surface area contributed by atoms with Gasteiger partial charge in [-0.2, -0.15) is 0 Å². The lowest BCUT2D eigenvalue weighted by Gasteiger charge is -2.49. The van der Waals surface area contributed by atoms with Gasteiger partial charge in [-0.1, -0.05) is 24.1 Å². The van der Waals surface area contributed by atoms with Gasteiger partial charge in [0, 0.05) is 40.1 Å². The van der Waals surface area contributed by atoms with E-state index in [1.54, 1.807) is 24.3 Å². The molecule has 2 aliphatic heterocycles. The number of halogens is 1. The number of hydrogen-bond acceptors (Lipinski definition) is 3. The van der Waals surface area contributed by atoms with Crippen LogP contribution < -0.4 is 5.32 Å². The summed E-state index contributed by atoms with van der Waals surface area (Å²) < 4.78 is 0. The Labute approximate surface area is 158 Å². The largest absolute Gasteiger partial charge is 0.349 e.